The molecule has 1 N–H and O–H groups in total. The quantitative estimate of drug-likeness (QED) is 0.531. The van der Waals surface area contributed by atoms with Crippen LogP contribution in [0.4, 0.5) is 17.6 Å². The van der Waals surface area contributed by atoms with Gasteiger partial charge in [0.25, 0.3) is 0 Å². The molecular weight excluding hydrogens is 216 g/mol. The van der Waals surface area contributed by atoms with Crippen LogP contribution in [0.15, 0.2) is 0 Å². The van der Waals surface area contributed by atoms with Crippen molar-refractivity contribution in [2.24, 2.45) is 0 Å². The van der Waals surface area contributed by atoms with Crippen molar-refractivity contribution in [3.8, 4) is 0 Å². The van der Waals surface area contributed by atoms with Crippen molar-refractivity contribution in [3.05, 3.63) is 0 Å². The van der Waals surface area contributed by atoms with Gasteiger partial charge in [-0.3, -0.25) is 0 Å². The summed E-state index contributed by atoms with van der Waals surface area (Å²) in [6.07, 6.45) is -1.94. The number of alkyl halides is 4. The van der Waals surface area contributed by atoms with Crippen LogP contribution in [0.2, 0.25) is 0 Å². The topological polar surface area (TPSA) is 54.4 Å². The molecule has 0 aliphatic carbocycles. The van der Waals surface area contributed by atoms with Crippen molar-refractivity contribution < 1.29 is 31.1 Å². The SMILES string of the molecule is O=[SH](=O)C(F)(F)C(F)(F)CCCO. The maximum Gasteiger partial charge on any atom is 0.404 e. The second-order valence-electron chi connectivity index (χ2n) is 2.33. The zero-order chi connectivity index (χ0) is 10.7. The van der Waals surface area contributed by atoms with Crippen LogP contribution < -0.4 is 0 Å². The first-order valence-corrected chi connectivity index (χ1v) is 4.44. The normalized spacial score (nSPS) is 13.7. The molecule has 3 nitrogen and oxygen atoms in total. The molecule has 0 aliphatic rings. The molecular formula is C5H8F4O3S. The zero-order valence-corrected chi connectivity index (χ0v) is 7.24. The summed E-state index contributed by atoms with van der Waals surface area (Å²) in [7, 11) is -4.51. The number of aliphatic hydroxyl groups excluding tert-OH is 1. The highest BCUT2D eigenvalue weighted by molar-refractivity contribution is 7.73. The Bertz CT molecular complexity index is 230. The van der Waals surface area contributed by atoms with Crippen molar-refractivity contribution in [2.75, 3.05) is 6.61 Å². The first-order valence-electron chi connectivity index (χ1n) is 3.26. The molecule has 0 saturated carbocycles. The van der Waals surface area contributed by atoms with Crippen molar-refractivity contribution in [3.63, 3.8) is 0 Å². The Hall–Kier alpha value is -0.370. The van der Waals surface area contributed by atoms with Gasteiger partial charge in [0.05, 0.1) is 0 Å². The maximum atomic E-state index is 12.4. The first kappa shape index (κ1) is 12.6. The van der Waals surface area contributed by atoms with Gasteiger partial charge in [-0.25, -0.2) is 8.42 Å². The Morgan fingerprint density at radius 2 is 1.62 bits per heavy atom. The zero-order valence-electron chi connectivity index (χ0n) is 6.34. The second-order valence-corrected chi connectivity index (χ2v) is 3.41. The molecule has 0 fully saturated rings. The van der Waals surface area contributed by atoms with Gasteiger partial charge in [-0.2, -0.15) is 17.6 Å². The summed E-state index contributed by atoms with van der Waals surface area (Å²) in [4.78, 5) is 0. The molecule has 0 atom stereocenters. The lowest BCUT2D eigenvalue weighted by Gasteiger charge is -2.20. The minimum Gasteiger partial charge on any atom is -0.396 e. The van der Waals surface area contributed by atoms with Crippen LogP contribution in [0.5, 0.6) is 0 Å². The highest BCUT2D eigenvalue weighted by atomic mass is 32.2. The third-order valence-corrected chi connectivity index (χ3v) is 2.10. The summed E-state index contributed by atoms with van der Waals surface area (Å²) in [6.45, 7) is -0.693. The first-order chi connectivity index (χ1) is 5.75. The monoisotopic (exact) mass is 224 g/mol. The fourth-order valence-electron chi connectivity index (χ4n) is 0.585. The van der Waals surface area contributed by atoms with Crippen LogP contribution in [-0.4, -0.2) is 31.3 Å². The average molecular weight is 224 g/mol. The summed E-state index contributed by atoms with van der Waals surface area (Å²) in [5.74, 6) is -4.62. The predicted octanol–water partition coefficient (Wildman–Crippen LogP) is 0.598. The molecule has 0 unspecified atom stereocenters. The Balaban J connectivity index is 4.60. The number of thiol groups is 1. The van der Waals surface area contributed by atoms with E-state index in [9.17, 15) is 26.0 Å². The van der Waals surface area contributed by atoms with Crippen LogP contribution in [0.25, 0.3) is 0 Å². The largest absolute Gasteiger partial charge is 0.404 e. The second kappa shape index (κ2) is 4.23. The Labute approximate surface area is 73.3 Å². The molecule has 0 rings (SSSR count). The van der Waals surface area contributed by atoms with Gasteiger partial charge in [0.2, 0.25) is 10.7 Å². The van der Waals surface area contributed by atoms with Crippen molar-refractivity contribution in [1.29, 1.82) is 0 Å². The lowest BCUT2D eigenvalue weighted by Crippen LogP contribution is -2.41. The lowest BCUT2D eigenvalue weighted by molar-refractivity contribution is -0.160. The van der Waals surface area contributed by atoms with Gasteiger partial charge < -0.3 is 5.11 Å². The molecule has 0 saturated heterocycles. The van der Waals surface area contributed by atoms with E-state index in [4.69, 9.17) is 5.11 Å². The fraction of sp³-hybridized carbons (Fsp3) is 1.00. The van der Waals surface area contributed by atoms with Gasteiger partial charge in [0, 0.05) is 13.0 Å². The molecule has 80 valence electrons. The molecule has 0 spiro atoms. The molecule has 0 aromatic rings. The molecule has 0 aliphatic heterocycles. The average Bonchev–Trinajstić information content (AvgIpc) is 2.00. The maximum absolute atomic E-state index is 12.4. The van der Waals surface area contributed by atoms with E-state index in [0.717, 1.165) is 0 Å². The van der Waals surface area contributed by atoms with E-state index >= 15 is 0 Å². The molecule has 0 amide bonds. The van der Waals surface area contributed by atoms with Crippen LogP contribution in [0, 0.1) is 0 Å². The van der Waals surface area contributed by atoms with Gasteiger partial charge in [0.1, 0.15) is 0 Å². The van der Waals surface area contributed by atoms with E-state index < -0.39 is 41.3 Å². The van der Waals surface area contributed by atoms with Gasteiger partial charge in [0.15, 0.2) is 0 Å². The summed E-state index contributed by atoms with van der Waals surface area (Å²) >= 11 is 0. The lowest BCUT2D eigenvalue weighted by atomic mass is 10.2. The number of halogens is 4. The minimum atomic E-state index is -5.04. The van der Waals surface area contributed by atoms with Crippen LogP contribution >= 0.6 is 0 Å². The van der Waals surface area contributed by atoms with Crippen LogP contribution in [0.1, 0.15) is 12.8 Å². The third kappa shape index (κ3) is 2.80. The summed E-state index contributed by atoms with van der Waals surface area (Å²) in [6, 6.07) is 0. The number of rotatable bonds is 5. The van der Waals surface area contributed by atoms with E-state index in [2.05, 4.69) is 0 Å². The highest BCUT2D eigenvalue weighted by Gasteiger charge is 2.58. The van der Waals surface area contributed by atoms with Crippen molar-refractivity contribution >= 4 is 10.7 Å². The standard InChI is InChI=1S/C5H8F4O3S/c6-4(7,2-1-3-10)5(8,9)13(11)12/h10,13H,1-3H2. The molecule has 0 bridgehead atoms. The van der Waals surface area contributed by atoms with E-state index in [0.29, 0.717) is 0 Å². The van der Waals surface area contributed by atoms with Gasteiger partial charge in [-0.15, -0.1) is 0 Å². The van der Waals surface area contributed by atoms with Gasteiger partial charge >= 0.3 is 11.2 Å². The van der Waals surface area contributed by atoms with E-state index in [1.165, 1.54) is 0 Å². The van der Waals surface area contributed by atoms with Crippen molar-refractivity contribution in [2.45, 2.75) is 24.0 Å². The molecule has 8 heteroatoms. The Morgan fingerprint density at radius 1 is 1.15 bits per heavy atom. The molecule has 0 aromatic carbocycles. The van der Waals surface area contributed by atoms with E-state index in [1.807, 2.05) is 0 Å². The molecule has 13 heavy (non-hydrogen) atoms. The third-order valence-electron chi connectivity index (χ3n) is 1.32. The summed E-state index contributed by atoms with van der Waals surface area (Å²) < 4.78 is 68.8. The number of hydrogen-bond donors (Lipinski definition) is 2. The predicted molar refractivity (Wildman–Crippen MR) is 36.5 cm³/mol. The molecule has 0 radical (unpaired) electrons. The summed E-state index contributed by atoms with van der Waals surface area (Å²) in [5, 5.41) is 3.06. The van der Waals surface area contributed by atoms with Crippen LogP contribution in [-0.2, 0) is 10.7 Å². The van der Waals surface area contributed by atoms with E-state index in [1.54, 1.807) is 0 Å². The van der Waals surface area contributed by atoms with Gasteiger partial charge in [-0.1, -0.05) is 0 Å². The minimum absolute atomic E-state index is 0.578. The van der Waals surface area contributed by atoms with E-state index in [-0.39, 0.29) is 0 Å². The van der Waals surface area contributed by atoms with Gasteiger partial charge in [-0.05, 0) is 6.42 Å². The molecule has 0 heterocycles. The van der Waals surface area contributed by atoms with Crippen LogP contribution in [0.3, 0.4) is 0 Å². The number of hydrogen-bond acceptors (Lipinski definition) is 3. The highest BCUT2D eigenvalue weighted by Crippen LogP contribution is 2.38. The Kier molecular flexibility index (Phi) is 4.11. The Morgan fingerprint density at radius 3 is 1.92 bits per heavy atom. The fourth-order valence-corrected chi connectivity index (χ4v) is 0.964. The van der Waals surface area contributed by atoms with Crippen molar-refractivity contribution in [1.82, 2.24) is 0 Å². The summed E-state index contributed by atoms with van der Waals surface area (Å²) in [5.41, 5.74) is 0. The smallest absolute Gasteiger partial charge is 0.396 e. The number of aliphatic hydroxyl groups is 1. The molecule has 0 aromatic heterocycles.